The van der Waals surface area contributed by atoms with Gasteiger partial charge >= 0.3 is 0 Å². The summed E-state index contributed by atoms with van der Waals surface area (Å²) in [6.45, 7) is 1.46. The predicted molar refractivity (Wildman–Crippen MR) is 190 cm³/mol. The normalized spacial score (nSPS) is 36.9. The topological polar surface area (TPSA) is 218 Å². The van der Waals surface area contributed by atoms with Crippen molar-refractivity contribution in [2.75, 3.05) is 0 Å². The minimum absolute atomic E-state index is 0.108. The van der Waals surface area contributed by atoms with Crippen molar-refractivity contribution < 1.29 is 33.6 Å². The van der Waals surface area contributed by atoms with Crippen molar-refractivity contribution in [3.8, 4) is 0 Å². The summed E-state index contributed by atoms with van der Waals surface area (Å²) in [5.41, 5.74) is 5.56. The summed E-state index contributed by atoms with van der Waals surface area (Å²) in [7, 11) is 0. The van der Waals surface area contributed by atoms with Gasteiger partial charge in [0.15, 0.2) is 0 Å². The van der Waals surface area contributed by atoms with Gasteiger partial charge in [0.2, 0.25) is 41.4 Å². The Kier molecular flexibility index (Phi) is 12.4. The van der Waals surface area contributed by atoms with Crippen LogP contribution in [0.2, 0.25) is 0 Å². The zero-order valence-corrected chi connectivity index (χ0v) is 30.6. The lowest BCUT2D eigenvalue weighted by atomic mass is 9.95. The van der Waals surface area contributed by atoms with E-state index in [0.29, 0.717) is 64.2 Å². The largest absolute Gasteiger partial charge is 0.369 e. The van der Waals surface area contributed by atoms with Crippen LogP contribution in [0.5, 0.6) is 0 Å². The molecule has 0 aromatic carbocycles. The Hall–Kier alpha value is -3.71. The van der Waals surface area contributed by atoms with Gasteiger partial charge in [0.05, 0.1) is 35.5 Å². The van der Waals surface area contributed by atoms with Crippen molar-refractivity contribution in [2.24, 2.45) is 41.2 Å². The fraction of sp³-hybridized carbons (Fsp3) is 0.816. The van der Waals surface area contributed by atoms with E-state index in [0.717, 1.165) is 51.4 Å². The van der Waals surface area contributed by atoms with Gasteiger partial charge in [0, 0.05) is 43.2 Å². The average Bonchev–Trinajstić information content (AvgIpc) is 3.93. The highest BCUT2D eigenvalue weighted by Gasteiger charge is 2.44. The molecule has 6 fully saturated rings. The summed E-state index contributed by atoms with van der Waals surface area (Å²) in [5.74, 6) is -3.39. The molecule has 0 aromatic heterocycles. The van der Waals surface area contributed by atoms with Crippen LogP contribution in [-0.2, 0) is 33.6 Å². The molecule has 0 spiro atoms. The molecule has 0 unspecified atom stereocenters. The van der Waals surface area contributed by atoms with Crippen LogP contribution in [0.15, 0.2) is 0 Å². The van der Waals surface area contributed by atoms with Gasteiger partial charge in [-0.25, -0.2) is 0 Å². The molecule has 6 saturated carbocycles. The third-order valence-corrected chi connectivity index (χ3v) is 13.2. The minimum atomic E-state index is -0.401. The SMILES string of the molecule is CC(=O)N[C@H]1CCC[C@@H]1C(=O)N[C@H]1CCC[C@@H]1C(=O)N[C@H]1CCC[C@@H]1C(=O)N[C@H]1CCC[C@@H]1C(=O)N[C@H]1CCC[C@@H]1C(=O)N[C@H]1CCC[C@@H]1C(N)=O. The summed E-state index contributed by atoms with van der Waals surface area (Å²) in [6.07, 6.45) is 13.3. The number of carbonyl (C=O) groups is 7. The Bertz CT molecular complexity index is 1390. The second kappa shape index (κ2) is 17.0. The molecule has 0 heterocycles. The molecule has 0 saturated heterocycles. The number of hydrogen-bond acceptors (Lipinski definition) is 7. The number of primary amides is 1. The lowest BCUT2D eigenvalue weighted by Gasteiger charge is -2.29. The van der Waals surface area contributed by atoms with E-state index in [1.807, 2.05) is 0 Å². The Balaban J connectivity index is 0.987. The first-order valence-corrected chi connectivity index (χ1v) is 20.1. The van der Waals surface area contributed by atoms with Gasteiger partial charge in [-0.3, -0.25) is 33.6 Å². The van der Waals surface area contributed by atoms with Crippen LogP contribution >= 0.6 is 0 Å². The van der Waals surface area contributed by atoms with Gasteiger partial charge in [0.1, 0.15) is 0 Å². The average molecular weight is 726 g/mol. The summed E-state index contributed by atoms with van der Waals surface area (Å²) >= 11 is 0. The van der Waals surface area contributed by atoms with E-state index in [1.165, 1.54) is 6.92 Å². The van der Waals surface area contributed by atoms with Gasteiger partial charge in [-0.1, -0.05) is 38.5 Å². The van der Waals surface area contributed by atoms with E-state index < -0.39 is 11.8 Å². The van der Waals surface area contributed by atoms with E-state index in [9.17, 15) is 33.6 Å². The van der Waals surface area contributed by atoms with Crippen molar-refractivity contribution in [3.05, 3.63) is 0 Å². The Labute approximate surface area is 306 Å². The van der Waals surface area contributed by atoms with Crippen LogP contribution in [-0.4, -0.2) is 77.6 Å². The zero-order valence-electron chi connectivity index (χ0n) is 30.6. The van der Waals surface area contributed by atoms with Crippen LogP contribution < -0.4 is 37.6 Å². The summed E-state index contributed by atoms with van der Waals surface area (Å²) in [6, 6.07) is -1.65. The van der Waals surface area contributed by atoms with Crippen molar-refractivity contribution >= 4 is 41.4 Å². The number of amides is 7. The van der Waals surface area contributed by atoms with E-state index in [4.69, 9.17) is 5.73 Å². The zero-order chi connectivity index (χ0) is 36.9. The van der Waals surface area contributed by atoms with Crippen molar-refractivity contribution in [1.29, 1.82) is 0 Å². The number of nitrogens with two attached hydrogens (primary N) is 1. The molecule has 0 aliphatic heterocycles. The first-order chi connectivity index (χ1) is 25.0. The molecule has 8 N–H and O–H groups in total. The number of rotatable bonds is 12. The van der Waals surface area contributed by atoms with Crippen molar-refractivity contribution in [3.63, 3.8) is 0 Å². The third-order valence-electron chi connectivity index (χ3n) is 13.2. The van der Waals surface area contributed by atoms with E-state index in [-0.39, 0.29) is 101 Å². The quantitative estimate of drug-likeness (QED) is 0.156. The monoisotopic (exact) mass is 725 g/mol. The first-order valence-electron chi connectivity index (χ1n) is 20.1. The van der Waals surface area contributed by atoms with Crippen LogP contribution in [0.3, 0.4) is 0 Å². The fourth-order valence-corrected chi connectivity index (χ4v) is 10.4. The standard InChI is InChI=1S/C38H59N7O7/c1-20(46)40-28-15-3-9-22(28)34(48)42-30-17-5-11-24(30)36(50)44-32-19-7-13-26(32)38(52)45-31-18-6-12-25(31)37(51)43-29-16-4-10-23(29)35(49)41-27-14-2-8-21(27)33(39)47/h21-32H,2-19H2,1H3,(H2,39,47)(H,40,46)(H,41,49)(H,42,48)(H,43,51)(H,44,50)(H,45,52)/t21-,22-,23-,24-,25-,26-,27-,28-,29-,30-,31-,32-/m0/s1. The molecule has 12 atom stereocenters. The van der Waals surface area contributed by atoms with E-state index in [2.05, 4.69) is 31.9 Å². The number of carbonyl (C=O) groups excluding carboxylic acids is 7. The number of nitrogens with one attached hydrogen (secondary N) is 6. The minimum Gasteiger partial charge on any atom is -0.369 e. The molecule has 0 radical (unpaired) electrons. The number of hydrogen-bond donors (Lipinski definition) is 7. The fourth-order valence-electron chi connectivity index (χ4n) is 10.4. The van der Waals surface area contributed by atoms with Crippen molar-refractivity contribution in [2.45, 2.75) is 159 Å². The molecule has 288 valence electrons. The summed E-state index contributed by atoms with van der Waals surface area (Å²) in [4.78, 5) is 90.9. The molecule has 0 bridgehead atoms. The Morgan fingerprint density at radius 1 is 0.346 bits per heavy atom. The maximum Gasteiger partial charge on any atom is 0.225 e. The van der Waals surface area contributed by atoms with Crippen LogP contribution in [0.25, 0.3) is 0 Å². The molecule has 6 rings (SSSR count). The Morgan fingerprint density at radius 3 is 0.788 bits per heavy atom. The first kappa shape index (κ1) is 38.0. The van der Waals surface area contributed by atoms with E-state index in [1.54, 1.807) is 0 Å². The molecular formula is C38H59N7O7. The lowest BCUT2D eigenvalue weighted by molar-refractivity contribution is -0.131. The van der Waals surface area contributed by atoms with Gasteiger partial charge in [-0.2, -0.15) is 0 Å². The molecule has 0 aromatic rings. The second-order valence-corrected chi connectivity index (χ2v) is 16.5. The highest BCUT2D eigenvalue weighted by molar-refractivity contribution is 5.87. The maximum absolute atomic E-state index is 13.7. The molecule has 14 heteroatoms. The maximum atomic E-state index is 13.7. The van der Waals surface area contributed by atoms with Gasteiger partial charge < -0.3 is 37.6 Å². The second-order valence-electron chi connectivity index (χ2n) is 16.5. The molecule has 14 nitrogen and oxygen atoms in total. The van der Waals surface area contributed by atoms with E-state index >= 15 is 0 Å². The molecule has 6 aliphatic rings. The van der Waals surface area contributed by atoms with Gasteiger partial charge in [-0.05, 0) is 77.0 Å². The third kappa shape index (κ3) is 8.73. The van der Waals surface area contributed by atoms with Crippen LogP contribution in [0.4, 0.5) is 0 Å². The smallest absolute Gasteiger partial charge is 0.225 e. The van der Waals surface area contributed by atoms with Gasteiger partial charge in [0.25, 0.3) is 0 Å². The van der Waals surface area contributed by atoms with Crippen LogP contribution in [0.1, 0.15) is 122 Å². The predicted octanol–water partition coefficient (Wildman–Crippen LogP) is 1.20. The Morgan fingerprint density at radius 2 is 0.558 bits per heavy atom. The van der Waals surface area contributed by atoms with Gasteiger partial charge in [-0.15, -0.1) is 0 Å². The lowest BCUT2D eigenvalue weighted by Crippen LogP contribution is -2.53. The summed E-state index contributed by atoms with van der Waals surface area (Å²) in [5, 5.41) is 18.6. The highest BCUT2D eigenvalue weighted by atomic mass is 16.2. The molecule has 7 amide bonds. The summed E-state index contributed by atoms with van der Waals surface area (Å²) < 4.78 is 0. The van der Waals surface area contributed by atoms with Crippen LogP contribution in [0, 0.1) is 35.5 Å². The molecule has 6 aliphatic carbocycles. The van der Waals surface area contributed by atoms with Crippen molar-refractivity contribution in [1.82, 2.24) is 31.9 Å². The molecule has 52 heavy (non-hydrogen) atoms. The molecular weight excluding hydrogens is 666 g/mol. The highest BCUT2D eigenvalue weighted by Crippen LogP contribution is 2.34.